The van der Waals surface area contributed by atoms with Gasteiger partial charge < -0.3 is 9.47 Å². The molecule has 0 spiro atoms. The molecule has 0 saturated carbocycles. The molecule has 0 saturated heterocycles. The molecule has 1 aromatic rings. The molecule has 7 heteroatoms. The lowest BCUT2D eigenvalue weighted by Gasteiger charge is -2.09. The molecule has 0 heterocycles. The summed E-state index contributed by atoms with van der Waals surface area (Å²) in [4.78, 5) is -0.0509. The Hall–Kier alpha value is -0.300. The first-order chi connectivity index (χ1) is 7.95. The van der Waals surface area contributed by atoms with Crippen molar-refractivity contribution >= 4 is 35.7 Å². The van der Waals surface area contributed by atoms with E-state index in [1.807, 2.05) is 6.92 Å². The van der Waals surface area contributed by atoms with Gasteiger partial charge in [-0.2, -0.15) is 0 Å². The van der Waals surface area contributed by atoms with Crippen molar-refractivity contribution in [3.8, 4) is 5.75 Å². The molecule has 1 aromatic carbocycles. The maximum Gasteiger partial charge on any atom is 0.265 e. The summed E-state index contributed by atoms with van der Waals surface area (Å²) in [6, 6.07) is 4.63. The summed E-state index contributed by atoms with van der Waals surface area (Å²) in [5, 5.41) is 0. The molecule has 17 heavy (non-hydrogen) atoms. The highest BCUT2D eigenvalue weighted by atomic mass is 79.9. The zero-order chi connectivity index (χ0) is 12.9. The van der Waals surface area contributed by atoms with Crippen LogP contribution in [0.1, 0.15) is 6.92 Å². The molecule has 0 aliphatic rings. The van der Waals surface area contributed by atoms with Crippen LogP contribution in [-0.4, -0.2) is 28.2 Å². The standard InChI is InChI=1S/C10H12BrClO4S/c1-2-15-5-6-16-9-4-3-8(11)7-10(9)17(12,13)14/h3-4,7H,2,5-6H2,1H3. The van der Waals surface area contributed by atoms with Gasteiger partial charge in [-0.05, 0) is 25.1 Å². The minimum Gasteiger partial charge on any atom is -0.490 e. The van der Waals surface area contributed by atoms with Crippen molar-refractivity contribution < 1.29 is 17.9 Å². The third-order valence-electron chi connectivity index (χ3n) is 1.86. The van der Waals surface area contributed by atoms with Gasteiger partial charge in [0.15, 0.2) is 0 Å². The van der Waals surface area contributed by atoms with Gasteiger partial charge in [0.05, 0.1) is 6.61 Å². The van der Waals surface area contributed by atoms with Crippen LogP contribution in [0.3, 0.4) is 0 Å². The van der Waals surface area contributed by atoms with Crippen LogP contribution in [0.15, 0.2) is 27.6 Å². The molecule has 0 N–H and O–H groups in total. The fourth-order valence-corrected chi connectivity index (χ4v) is 2.66. The second-order valence-corrected chi connectivity index (χ2v) is 6.52. The van der Waals surface area contributed by atoms with Crippen LogP contribution >= 0.6 is 26.6 Å². The molecule has 0 aliphatic heterocycles. The van der Waals surface area contributed by atoms with E-state index in [2.05, 4.69) is 15.9 Å². The second-order valence-electron chi connectivity index (χ2n) is 3.07. The van der Waals surface area contributed by atoms with Gasteiger partial charge in [-0.15, -0.1) is 0 Å². The van der Waals surface area contributed by atoms with Crippen LogP contribution in [0.25, 0.3) is 0 Å². The largest absolute Gasteiger partial charge is 0.490 e. The SMILES string of the molecule is CCOCCOc1ccc(Br)cc1S(=O)(=O)Cl. The van der Waals surface area contributed by atoms with Gasteiger partial charge in [-0.3, -0.25) is 0 Å². The Labute approximate surface area is 113 Å². The smallest absolute Gasteiger partial charge is 0.265 e. The van der Waals surface area contributed by atoms with E-state index in [1.54, 1.807) is 12.1 Å². The molecule has 4 nitrogen and oxygen atoms in total. The van der Waals surface area contributed by atoms with Crippen molar-refractivity contribution in [1.82, 2.24) is 0 Å². The number of ether oxygens (including phenoxy) is 2. The average molecular weight is 344 g/mol. The third-order valence-corrected chi connectivity index (χ3v) is 3.69. The normalized spacial score (nSPS) is 11.5. The van der Waals surface area contributed by atoms with E-state index in [4.69, 9.17) is 20.2 Å². The van der Waals surface area contributed by atoms with Gasteiger partial charge in [0.2, 0.25) is 0 Å². The molecule has 0 atom stereocenters. The van der Waals surface area contributed by atoms with Crippen LogP contribution in [0, 0.1) is 0 Å². The maximum absolute atomic E-state index is 11.3. The number of benzene rings is 1. The van der Waals surface area contributed by atoms with E-state index < -0.39 is 9.05 Å². The molecule has 0 unspecified atom stereocenters. The first-order valence-corrected chi connectivity index (χ1v) is 8.00. The van der Waals surface area contributed by atoms with Gasteiger partial charge in [0.25, 0.3) is 9.05 Å². The number of hydrogen-bond acceptors (Lipinski definition) is 4. The predicted molar refractivity (Wildman–Crippen MR) is 69.2 cm³/mol. The summed E-state index contributed by atoms with van der Waals surface area (Å²) in [5.41, 5.74) is 0. The highest BCUT2D eigenvalue weighted by molar-refractivity contribution is 9.10. The first kappa shape index (κ1) is 14.8. The fraction of sp³-hybridized carbons (Fsp3) is 0.400. The molecule has 0 aromatic heterocycles. The average Bonchev–Trinajstić information content (AvgIpc) is 2.25. The van der Waals surface area contributed by atoms with E-state index in [-0.39, 0.29) is 17.3 Å². The first-order valence-electron chi connectivity index (χ1n) is 4.90. The molecule has 0 fully saturated rings. The Morgan fingerprint density at radius 2 is 2.06 bits per heavy atom. The summed E-state index contributed by atoms with van der Waals surface area (Å²) in [6.07, 6.45) is 0. The minimum absolute atomic E-state index is 0.0509. The highest BCUT2D eigenvalue weighted by Crippen LogP contribution is 2.29. The third kappa shape index (κ3) is 4.83. The summed E-state index contributed by atoms with van der Waals surface area (Å²) < 4.78 is 33.7. The van der Waals surface area contributed by atoms with E-state index in [0.717, 1.165) is 0 Å². The number of halogens is 2. The minimum atomic E-state index is -3.82. The molecule has 0 amide bonds. The number of hydrogen-bond donors (Lipinski definition) is 0. The second kappa shape index (κ2) is 6.58. The topological polar surface area (TPSA) is 52.6 Å². The van der Waals surface area contributed by atoms with Crippen LogP contribution in [0.4, 0.5) is 0 Å². The fourth-order valence-electron chi connectivity index (χ4n) is 1.15. The zero-order valence-electron chi connectivity index (χ0n) is 9.15. The van der Waals surface area contributed by atoms with Gasteiger partial charge in [0.1, 0.15) is 17.3 Å². The molecule has 0 radical (unpaired) electrons. The summed E-state index contributed by atoms with van der Waals surface area (Å²) in [6.45, 7) is 3.13. The van der Waals surface area contributed by atoms with Gasteiger partial charge >= 0.3 is 0 Å². The van der Waals surface area contributed by atoms with Crippen LogP contribution in [0.5, 0.6) is 5.75 Å². The highest BCUT2D eigenvalue weighted by Gasteiger charge is 2.17. The van der Waals surface area contributed by atoms with Crippen molar-refractivity contribution in [1.29, 1.82) is 0 Å². The summed E-state index contributed by atoms with van der Waals surface area (Å²) >= 11 is 3.18. The van der Waals surface area contributed by atoms with Crippen LogP contribution < -0.4 is 4.74 Å². The quantitative estimate of drug-likeness (QED) is 0.589. The molecule has 1 rings (SSSR count). The van der Waals surface area contributed by atoms with Crippen molar-refractivity contribution in [2.24, 2.45) is 0 Å². The van der Waals surface area contributed by atoms with Crippen molar-refractivity contribution in [2.75, 3.05) is 19.8 Å². The number of rotatable bonds is 6. The Balaban J connectivity index is 2.84. The van der Waals surface area contributed by atoms with Gasteiger partial charge in [-0.25, -0.2) is 8.42 Å². The van der Waals surface area contributed by atoms with E-state index >= 15 is 0 Å². The van der Waals surface area contributed by atoms with Crippen molar-refractivity contribution in [2.45, 2.75) is 11.8 Å². The Kier molecular flexibility index (Phi) is 5.72. The Morgan fingerprint density at radius 1 is 1.35 bits per heavy atom. The molecule has 96 valence electrons. The molecule has 0 aliphatic carbocycles. The van der Waals surface area contributed by atoms with Crippen LogP contribution in [0.2, 0.25) is 0 Å². The summed E-state index contributed by atoms with van der Waals surface area (Å²) in [5.74, 6) is 0.225. The van der Waals surface area contributed by atoms with E-state index in [0.29, 0.717) is 17.7 Å². The lowest BCUT2D eigenvalue weighted by atomic mass is 10.3. The van der Waals surface area contributed by atoms with Crippen molar-refractivity contribution in [3.63, 3.8) is 0 Å². The predicted octanol–water partition coefficient (Wildman–Crippen LogP) is 2.79. The Bertz CT molecular complexity index is 475. The van der Waals surface area contributed by atoms with Gasteiger partial charge in [0, 0.05) is 21.8 Å². The van der Waals surface area contributed by atoms with E-state index in [1.165, 1.54) is 6.07 Å². The van der Waals surface area contributed by atoms with Crippen molar-refractivity contribution in [3.05, 3.63) is 22.7 Å². The summed E-state index contributed by atoms with van der Waals surface area (Å²) in [7, 11) is 1.49. The molecular formula is C10H12BrClO4S. The van der Waals surface area contributed by atoms with Gasteiger partial charge in [-0.1, -0.05) is 15.9 Å². The lowest BCUT2D eigenvalue weighted by Crippen LogP contribution is -2.08. The van der Waals surface area contributed by atoms with E-state index in [9.17, 15) is 8.42 Å². The maximum atomic E-state index is 11.3. The molecular weight excluding hydrogens is 332 g/mol. The Morgan fingerprint density at radius 3 is 2.65 bits per heavy atom. The zero-order valence-corrected chi connectivity index (χ0v) is 12.3. The lowest BCUT2D eigenvalue weighted by molar-refractivity contribution is 0.109. The van der Waals surface area contributed by atoms with Crippen LogP contribution in [-0.2, 0) is 13.8 Å². The molecule has 0 bridgehead atoms. The monoisotopic (exact) mass is 342 g/mol.